The quantitative estimate of drug-likeness (QED) is 0.626. The van der Waals surface area contributed by atoms with Gasteiger partial charge in [0.15, 0.2) is 5.13 Å². The summed E-state index contributed by atoms with van der Waals surface area (Å²) in [6.07, 6.45) is 5.65. The van der Waals surface area contributed by atoms with Gasteiger partial charge in [0, 0.05) is 30.7 Å². The van der Waals surface area contributed by atoms with Gasteiger partial charge in [0.1, 0.15) is 6.10 Å². The molecule has 0 saturated carbocycles. The molecule has 0 radical (unpaired) electrons. The number of carbonyl (C=O) groups excluding carboxylic acids is 2. The van der Waals surface area contributed by atoms with Crippen LogP contribution in [0.25, 0.3) is 0 Å². The average Bonchev–Trinajstić information content (AvgIpc) is 3.16. The second kappa shape index (κ2) is 9.22. The molecule has 3 N–H and O–H groups in total. The van der Waals surface area contributed by atoms with Crippen molar-refractivity contribution in [1.82, 2.24) is 10.3 Å². The summed E-state index contributed by atoms with van der Waals surface area (Å²) in [6.45, 7) is 0.942. The lowest BCUT2D eigenvalue weighted by Crippen LogP contribution is -2.50. The van der Waals surface area contributed by atoms with Crippen molar-refractivity contribution in [3.05, 3.63) is 23.7 Å². The zero-order chi connectivity index (χ0) is 18.4. The van der Waals surface area contributed by atoms with Crippen LogP contribution in [0.15, 0.2) is 23.7 Å². The lowest BCUT2D eigenvalue weighted by Gasteiger charge is -2.33. The van der Waals surface area contributed by atoms with Crippen LogP contribution in [0.1, 0.15) is 19.3 Å². The molecule has 0 aliphatic carbocycles. The molecule has 1 aromatic heterocycles. The molecule has 142 valence electrons. The monoisotopic (exact) mass is 381 g/mol. The molecule has 2 amide bonds. The van der Waals surface area contributed by atoms with Crippen molar-refractivity contribution in [1.29, 1.82) is 0 Å². The van der Waals surface area contributed by atoms with Crippen LogP contribution in [-0.4, -0.2) is 60.0 Å². The fourth-order valence-corrected chi connectivity index (χ4v) is 3.56. The number of nitrogens with zero attached hydrogens (tertiary/aromatic N) is 1. The van der Waals surface area contributed by atoms with Gasteiger partial charge in [0.2, 0.25) is 11.8 Å². The third kappa shape index (κ3) is 5.10. The number of carbonyl (C=O) groups is 2. The van der Waals surface area contributed by atoms with E-state index in [1.807, 2.05) is 0 Å². The topological polar surface area (TPSA) is 110 Å². The zero-order valence-corrected chi connectivity index (χ0v) is 15.1. The van der Waals surface area contributed by atoms with Gasteiger partial charge in [0.05, 0.1) is 25.2 Å². The maximum Gasteiger partial charge on any atom is 0.229 e. The summed E-state index contributed by atoms with van der Waals surface area (Å²) in [5.41, 5.74) is 0. The number of aromatic nitrogens is 1. The molecule has 0 unspecified atom stereocenters. The van der Waals surface area contributed by atoms with E-state index in [2.05, 4.69) is 15.6 Å². The van der Waals surface area contributed by atoms with Gasteiger partial charge in [-0.2, -0.15) is 0 Å². The van der Waals surface area contributed by atoms with Crippen LogP contribution in [-0.2, 0) is 19.1 Å². The van der Waals surface area contributed by atoms with Gasteiger partial charge in [-0.15, -0.1) is 11.3 Å². The maximum atomic E-state index is 12.4. The third-order valence-corrected chi connectivity index (χ3v) is 5.12. The van der Waals surface area contributed by atoms with Gasteiger partial charge in [-0.3, -0.25) is 9.59 Å². The molecule has 3 rings (SSSR count). The summed E-state index contributed by atoms with van der Waals surface area (Å²) >= 11 is 1.34. The van der Waals surface area contributed by atoms with Crippen LogP contribution >= 0.6 is 11.3 Å². The van der Waals surface area contributed by atoms with Crippen molar-refractivity contribution in [2.45, 2.75) is 37.5 Å². The standard InChI is InChI=1S/C17H23N3O5S/c21-10-14-13(19-16(23)11-3-6-24-7-4-11)2-1-12(25-14)9-15(22)20-17-18-5-8-26-17/h1-2,5,8,11-14,21H,3-4,6-7,9-10H2,(H,19,23)(H,18,20,22)/t12-,13+,14-/m0/s1. The van der Waals surface area contributed by atoms with Crippen molar-refractivity contribution in [3.63, 3.8) is 0 Å². The Labute approximate surface area is 155 Å². The molecule has 3 heterocycles. The van der Waals surface area contributed by atoms with Gasteiger partial charge in [-0.05, 0) is 12.8 Å². The van der Waals surface area contributed by atoms with Gasteiger partial charge in [-0.1, -0.05) is 12.2 Å². The number of aliphatic hydroxyl groups excluding tert-OH is 1. The molecular formula is C17H23N3O5S. The number of ether oxygens (including phenoxy) is 2. The molecule has 2 aliphatic heterocycles. The summed E-state index contributed by atoms with van der Waals surface area (Å²) < 4.78 is 11.0. The fraction of sp³-hybridized carbons (Fsp3) is 0.588. The minimum atomic E-state index is -0.582. The lowest BCUT2D eigenvalue weighted by molar-refractivity contribution is -0.131. The van der Waals surface area contributed by atoms with Crippen molar-refractivity contribution in [3.8, 4) is 0 Å². The Hall–Kier alpha value is -1.81. The molecular weight excluding hydrogens is 358 g/mol. The van der Waals surface area contributed by atoms with Gasteiger partial charge in [0.25, 0.3) is 0 Å². The summed E-state index contributed by atoms with van der Waals surface area (Å²) in [6, 6.07) is -0.409. The predicted molar refractivity (Wildman–Crippen MR) is 95.7 cm³/mol. The number of hydrogen-bond acceptors (Lipinski definition) is 7. The van der Waals surface area contributed by atoms with Crippen LogP contribution in [0.3, 0.4) is 0 Å². The van der Waals surface area contributed by atoms with E-state index < -0.39 is 18.2 Å². The number of thiazole rings is 1. The predicted octanol–water partition coefficient (Wildman–Crippen LogP) is 0.699. The number of hydrogen-bond donors (Lipinski definition) is 3. The van der Waals surface area contributed by atoms with E-state index in [1.165, 1.54) is 11.3 Å². The molecule has 26 heavy (non-hydrogen) atoms. The molecule has 9 heteroatoms. The van der Waals surface area contributed by atoms with Crippen LogP contribution in [0.4, 0.5) is 5.13 Å². The van der Waals surface area contributed by atoms with Gasteiger partial charge >= 0.3 is 0 Å². The van der Waals surface area contributed by atoms with Gasteiger partial charge < -0.3 is 25.2 Å². The average molecular weight is 381 g/mol. The highest BCUT2D eigenvalue weighted by atomic mass is 32.1. The number of aliphatic hydroxyl groups is 1. The second-order valence-corrected chi connectivity index (χ2v) is 7.19. The summed E-state index contributed by atoms with van der Waals surface area (Å²) in [5, 5.41) is 17.5. The summed E-state index contributed by atoms with van der Waals surface area (Å²) in [7, 11) is 0. The van der Waals surface area contributed by atoms with E-state index in [9.17, 15) is 14.7 Å². The molecule has 1 aromatic rings. The highest BCUT2D eigenvalue weighted by Gasteiger charge is 2.31. The van der Waals surface area contributed by atoms with Crippen molar-refractivity contribution < 1.29 is 24.2 Å². The van der Waals surface area contributed by atoms with E-state index in [4.69, 9.17) is 9.47 Å². The summed E-state index contributed by atoms with van der Waals surface area (Å²) in [4.78, 5) is 28.4. The van der Waals surface area contributed by atoms with E-state index in [0.29, 0.717) is 31.2 Å². The Kier molecular flexibility index (Phi) is 6.73. The molecule has 0 bridgehead atoms. The number of rotatable bonds is 6. The molecule has 0 aromatic carbocycles. The Morgan fingerprint density at radius 3 is 2.81 bits per heavy atom. The van der Waals surface area contributed by atoms with Crippen molar-refractivity contribution in [2.75, 3.05) is 25.1 Å². The van der Waals surface area contributed by atoms with Crippen LogP contribution in [0.5, 0.6) is 0 Å². The summed E-state index contributed by atoms with van der Waals surface area (Å²) in [5.74, 6) is -0.334. The maximum absolute atomic E-state index is 12.4. The number of anilines is 1. The van der Waals surface area contributed by atoms with Gasteiger partial charge in [-0.25, -0.2) is 4.98 Å². The fourth-order valence-electron chi connectivity index (χ4n) is 3.02. The smallest absolute Gasteiger partial charge is 0.229 e. The zero-order valence-electron chi connectivity index (χ0n) is 14.3. The lowest BCUT2D eigenvalue weighted by atomic mass is 9.97. The van der Waals surface area contributed by atoms with Crippen molar-refractivity contribution in [2.24, 2.45) is 5.92 Å². The SMILES string of the molecule is O=C(C[C@@H]1C=C[C@@H](NC(=O)C2CCOCC2)[C@H](CO)O1)Nc1nccs1. The molecule has 0 spiro atoms. The Balaban J connectivity index is 1.52. The molecule has 1 fully saturated rings. The van der Waals surface area contributed by atoms with Crippen LogP contribution in [0, 0.1) is 5.92 Å². The van der Waals surface area contributed by atoms with Crippen LogP contribution in [0.2, 0.25) is 0 Å². The third-order valence-electron chi connectivity index (χ3n) is 4.43. The number of nitrogens with one attached hydrogen (secondary N) is 2. The Morgan fingerprint density at radius 2 is 2.12 bits per heavy atom. The largest absolute Gasteiger partial charge is 0.394 e. The first-order valence-corrected chi connectivity index (χ1v) is 9.56. The molecule has 2 aliphatic rings. The van der Waals surface area contributed by atoms with Crippen molar-refractivity contribution >= 4 is 28.3 Å². The Bertz CT molecular complexity index is 630. The first kappa shape index (κ1) is 19.0. The Morgan fingerprint density at radius 1 is 1.31 bits per heavy atom. The molecule has 8 nitrogen and oxygen atoms in total. The highest BCUT2D eigenvalue weighted by Crippen LogP contribution is 2.19. The minimum absolute atomic E-state index is 0.0510. The first-order valence-electron chi connectivity index (χ1n) is 8.68. The van der Waals surface area contributed by atoms with E-state index in [1.54, 1.807) is 23.7 Å². The molecule has 3 atom stereocenters. The minimum Gasteiger partial charge on any atom is -0.394 e. The second-order valence-electron chi connectivity index (χ2n) is 6.29. The van der Waals surface area contributed by atoms with E-state index in [-0.39, 0.29) is 30.8 Å². The van der Waals surface area contributed by atoms with E-state index >= 15 is 0 Å². The number of amides is 2. The molecule has 1 saturated heterocycles. The normalized spacial score (nSPS) is 26.4. The first-order chi connectivity index (χ1) is 12.7. The highest BCUT2D eigenvalue weighted by molar-refractivity contribution is 7.13. The van der Waals surface area contributed by atoms with E-state index in [0.717, 1.165) is 0 Å². The van der Waals surface area contributed by atoms with Crippen LogP contribution < -0.4 is 10.6 Å².